The molecule has 0 saturated carbocycles. The first kappa shape index (κ1) is 14.2. The highest BCUT2D eigenvalue weighted by atomic mass is 19.4. The molecule has 0 aliphatic rings. The van der Waals surface area contributed by atoms with Gasteiger partial charge in [-0.05, 0) is 13.3 Å². The third-order valence-electron chi connectivity index (χ3n) is 2.06. The Morgan fingerprint density at radius 3 is 2.27 bits per heavy atom. The number of rotatable bonds is 5. The molecule has 0 aliphatic carbocycles. The third-order valence-corrected chi connectivity index (χ3v) is 2.06. The van der Waals surface area contributed by atoms with Crippen LogP contribution in [-0.4, -0.2) is 31.3 Å². The van der Waals surface area contributed by atoms with Crippen molar-refractivity contribution < 1.29 is 22.7 Å². The molecule has 0 amide bonds. The van der Waals surface area contributed by atoms with Gasteiger partial charge in [0.15, 0.2) is 0 Å². The second kappa shape index (κ2) is 5.34. The zero-order valence-corrected chi connectivity index (χ0v) is 9.07. The molecule has 0 bridgehead atoms. The topological polar surface area (TPSA) is 38.3 Å². The van der Waals surface area contributed by atoms with Crippen molar-refractivity contribution in [2.24, 2.45) is 0 Å². The first-order valence-electron chi connectivity index (χ1n) is 4.65. The van der Waals surface area contributed by atoms with Crippen LogP contribution in [0.2, 0.25) is 0 Å². The van der Waals surface area contributed by atoms with E-state index in [4.69, 9.17) is 0 Å². The molecule has 0 aromatic carbocycles. The van der Waals surface area contributed by atoms with Crippen molar-refractivity contribution in [1.82, 2.24) is 5.32 Å². The van der Waals surface area contributed by atoms with E-state index in [0.717, 1.165) is 7.11 Å². The second-order valence-corrected chi connectivity index (χ2v) is 3.54. The van der Waals surface area contributed by atoms with E-state index in [9.17, 15) is 18.0 Å². The largest absolute Gasteiger partial charge is 0.468 e. The minimum atomic E-state index is -4.33. The molecule has 6 heteroatoms. The van der Waals surface area contributed by atoms with Gasteiger partial charge in [-0.15, -0.1) is 0 Å². The van der Waals surface area contributed by atoms with Crippen molar-refractivity contribution >= 4 is 5.97 Å². The van der Waals surface area contributed by atoms with Crippen LogP contribution in [0.5, 0.6) is 0 Å². The molecule has 0 radical (unpaired) electrons. The molecule has 0 rings (SSSR count). The third kappa shape index (κ3) is 5.01. The zero-order chi connectivity index (χ0) is 12.1. The summed E-state index contributed by atoms with van der Waals surface area (Å²) < 4.78 is 40.4. The van der Waals surface area contributed by atoms with Crippen LogP contribution in [0.3, 0.4) is 0 Å². The van der Waals surface area contributed by atoms with Crippen molar-refractivity contribution in [2.75, 3.05) is 13.7 Å². The minimum Gasteiger partial charge on any atom is -0.468 e. The number of carbonyl (C=O) groups excluding carboxylic acids is 1. The molecule has 0 spiro atoms. The molecule has 1 unspecified atom stereocenters. The van der Waals surface area contributed by atoms with Gasteiger partial charge in [0.25, 0.3) is 0 Å². The molecule has 3 nitrogen and oxygen atoms in total. The molecule has 0 heterocycles. The van der Waals surface area contributed by atoms with Crippen LogP contribution in [0.1, 0.15) is 26.7 Å². The van der Waals surface area contributed by atoms with Crippen molar-refractivity contribution in [2.45, 2.75) is 38.4 Å². The number of esters is 1. The van der Waals surface area contributed by atoms with Crippen molar-refractivity contribution in [3.8, 4) is 0 Å². The predicted molar refractivity (Wildman–Crippen MR) is 49.4 cm³/mol. The zero-order valence-electron chi connectivity index (χ0n) is 9.07. The lowest BCUT2D eigenvalue weighted by Crippen LogP contribution is -2.53. The van der Waals surface area contributed by atoms with Gasteiger partial charge in [0.1, 0.15) is 5.54 Å². The lowest BCUT2D eigenvalue weighted by Gasteiger charge is -2.28. The highest BCUT2D eigenvalue weighted by Crippen LogP contribution is 2.18. The summed E-state index contributed by atoms with van der Waals surface area (Å²) in [5.74, 6) is -0.673. The fourth-order valence-electron chi connectivity index (χ4n) is 1.28. The van der Waals surface area contributed by atoms with Gasteiger partial charge in [-0.1, -0.05) is 13.3 Å². The average molecular weight is 227 g/mol. The standard InChI is InChI=1S/C9H16F3NO2/c1-4-5-8(2,7(14)15-3)13-6-9(10,11)12/h13H,4-6H2,1-3H3. The Hall–Kier alpha value is -0.780. The van der Waals surface area contributed by atoms with E-state index in [1.165, 1.54) is 6.92 Å². The number of methoxy groups -OCH3 is 1. The highest BCUT2D eigenvalue weighted by Gasteiger charge is 2.37. The fraction of sp³-hybridized carbons (Fsp3) is 0.889. The van der Waals surface area contributed by atoms with Gasteiger partial charge in [0.05, 0.1) is 13.7 Å². The van der Waals surface area contributed by atoms with Gasteiger partial charge in [-0.3, -0.25) is 10.1 Å². The first-order chi connectivity index (χ1) is 6.75. The van der Waals surface area contributed by atoms with Crippen LogP contribution in [-0.2, 0) is 9.53 Å². The highest BCUT2D eigenvalue weighted by molar-refractivity contribution is 5.80. The Morgan fingerprint density at radius 1 is 1.40 bits per heavy atom. The lowest BCUT2D eigenvalue weighted by atomic mass is 9.96. The quantitative estimate of drug-likeness (QED) is 0.729. The Morgan fingerprint density at radius 2 is 1.93 bits per heavy atom. The predicted octanol–water partition coefficient (Wildman–Crippen LogP) is 1.87. The van der Waals surface area contributed by atoms with Crippen LogP contribution in [0, 0.1) is 0 Å². The van der Waals surface area contributed by atoms with E-state index in [2.05, 4.69) is 10.1 Å². The molecular weight excluding hydrogens is 211 g/mol. The van der Waals surface area contributed by atoms with Crippen molar-refractivity contribution in [1.29, 1.82) is 0 Å². The molecule has 0 aromatic heterocycles. The minimum absolute atomic E-state index is 0.301. The summed E-state index contributed by atoms with van der Waals surface area (Å²) in [7, 11) is 1.16. The summed E-state index contributed by atoms with van der Waals surface area (Å²) in [6.45, 7) is 2.00. The molecule has 90 valence electrons. The summed E-state index contributed by atoms with van der Waals surface area (Å²) >= 11 is 0. The van der Waals surface area contributed by atoms with E-state index in [1.807, 2.05) is 0 Å². The number of alkyl halides is 3. The number of hydrogen-bond acceptors (Lipinski definition) is 3. The van der Waals surface area contributed by atoms with E-state index >= 15 is 0 Å². The Kier molecular flexibility index (Phi) is 5.07. The van der Waals surface area contributed by atoms with Crippen LogP contribution < -0.4 is 5.32 Å². The van der Waals surface area contributed by atoms with Gasteiger partial charge < -0.3 is 4.74 Å². The van der Waals surface area contributed by atoms with Crippen LogP contribution >= 0.6 is 0 Å². The second-order valence-electron chi connectivity index (χ2n) is 3.54. The molecule has 0 aromatic rings. The smallest absolute Gasteiger partial charge is 0.401 e. The van der Waals surface area contributed by atoms with Gasteiger partial charge in [-0.2, -0.15) is 13.2 Å². The average Bonchev–Trinajstić information content (AvgIpc) is 2.13. The van der Waals surface area contributed by atoms with E-state index in [1.54, 1.807) is 6.92 Å². The van der Waals surface area contributed by atoms with Gasteiger partial charge in [0, 0.05) is 0 Å². The fourth-order valence-corrected chi connectivity index (χ4v) is 1.28. The van der Waals surface area contributed by atoms with Gasteiger partial charge >= 0.3 is 12.1 Å². The molecule has 15 heavy (non-hydrogen) atoms. The van der Waals surface area contributed by atoms with Crippen LogP contribution in [0.4, 0.5) is 13.2 Å². The van der Waals surface area contributed by atoms with E-state index in [-0.39, 0.29) is 0 Å². The van der Waals surface area contributed by atoms with Crippen molar-refractivity contribution in [3.05, 3.63) is 0 Å². The van der Waals surface area contributed by atoms with E-state index < -0.39 is 24.2 Å². The summed E-state index contributed by atoms with van der Waals surface area (Å²) in [4.78, 5) is 11.3. The number of hydrogen-bond donors (Lipinski definition) is 1. The van der Waals surface area contributed by atoms with Gasteiger partial charge in [0.2, 0.25) is 0 Å². The normalized spacial score (nSPS) is 15.9. The van der Waals surface area contributed by atoms with Crippen molar-refractivity contribution in [3.63, 3.8) is 0 Å². The Bertz CT molecular complexity index is 218. The monoisotopic (exact) mass is 227 g/mol. The number of nitrogens with one attached hydrogen (secondary N) is 1. The summed E-state index contributed by atoms with van der Waals surface area (Å²) in [6, 6.07) is 0. The number of ether oxygens (including phenoxy) is 1. The van der Waals surface area contributed by atoms with Crippen LogP contribution in [0.15, 0.2) is 0 Å². The first-order valence-corrected chi connectivity index (χ1v) is 4.65. The molecule has 0 saturated heterocycles. The summed E-state index contributed by atoms with van der Waals surface area (Å²) in [6.07, 6.45) is -3.44. The summed E-state index contributed by atoms with van der Waals surface area (Å²) in [5, 5.41) is 2.19. The van der Waals surface area contributed by atoms with Gasteiger partial charge in [-0.25, -0.2) is 0 Å². The maximum Gasteiger partial charge on any atom is 0.401 e. The lowest BCUT2D eigenvalue weighted by molar-refractivity contribution is -0.153. The SMILES string of the molecule is CCCC(C)(NCC(F)(F)F)C(=O)OC. The Labute approximate surface area is 87.0 Å². The maximum atomic E-state index is 12.0. The molecule has 0 aliphatic heterocycles. The molecule has 1 atom stereocenters. The summed E-state index contributed by atoms with van der Waals surface area (Å²) in [5.41, 5.74) is -1.26. The molecule has 0 fully saturated rings. The molecule has 1 N–H and O–H groups in total. The number of halogens is 3. The van der Waals surface area contributed by atoms with Crippen LogP contribution in [0.25, 0.3) is 0 Å². The number of carbonyl (C=O) groups is 1. The van der Waals surface area contributed by atoms with E-state index in [0.29, 0.717) is 12.8 Å². The Balaban J connectivity index is 4.45. The maximum absolute atomic E-state index is 12.0. The molecular formula is C9H16F3NO2.